The third-order valence-corrected chi connectivity index (χ3v) is 4.58. The molecule has 1 heterocycles. The standard InChI is InChI=1S/C18H13F2N3OS/c19-12-7-8-16(14(20)11-12)23-17(24)13-5-1-2-6-15(13)22-18(23)25-10-4-3-9-21/h1-2,5-8,11H,3-4,10H2. The Bertz CT molecular complexity index is 1030. The molecule has 126 valence electrons. The fraction of sp³-hybridized carbons (Fsp3) is 0.167. The Hall–Kier alpha value is -2.72. The van der Waals surface area contributed by atoms with Crippen LogP contribution >= 0.6 is 11.8 Å². The van der Waals surface area contributed by atoms with Gasteiger partial charge < -0.3 is 0 Å². The Labute approximate surface area is 146 Å². The van der Waals surface area contributed by atoms with Crippen LogP contribution in [0.3, 0.4) is 0 Å². The van der Waals surface area contributed by atoms with Crippen LogP contribution in [0.4, 0.5) is 8.78 Å². The summed E-state index contributed by atoms with van der Waals surface area (Å²) in [5, 5.41) is 9.30. The van der Waals surface area contributed by atoms with Crippen LogP contribution in [-0.2, 0) is 0 Å². The Balaban J connectivity index is 2.18. The maximum absolute atomic E-state index is 14.3. The zero-order valence-corrected chi connectivity index (χ0v) is 13.9. The molecule has 3 aromatic rings. The largest absolute Gasteiger partial charge is 0.268 e. The number of benzene rings is 2. The number of para-hydroxylation sites is 1. The van der Waals surface area contributed by atoms with Gasteiger partial charge in [0, 0.05) is 18.2 Å². The van der Waals surface area contributed by atoms with Crippen molar-refractivity contribution in [2.75, 3.05) is 5.75 Å². The molecular formula is C18H13F2N3OS. The molecule has 0 amide bonds. The lowest BCUT2D eigenvalue weighted by Gasteiger charge is -2.13. The van der Waals surface area contributed by atoms with Crippen molar-refractivity contribution in [1.82, 2.24) is 9.55 Å². The van der Waals surface area contributed by atoms with Crippen LogP contribution in [0.1, 0.15) is 12.8 Å². The number of unbranched alkanes of at least 4 members (excludes halogenated alkanes) is 1. The first-order valence-electron chi connectivity index (χ1n) is 7.59. The summed E-state index contributed by atoms with van der Waals surface area (Å²) in [5.41, 5.74) is 0.0420. The van der Waals surface area contributed by atoms with E-state index in [1.54, 1.807) is 24.3 Å². The molecule has 0 saturated heterocycles. The summed E-state index contributed by atoms with van der Waals surface area (Å²) in [6, 6.07) is 11.9. The summed E-state index contributed by atoms with van der Waals surface area (Å²) in [6.07, 6.45) is 1.01. The van der Waals surface area contributed by atoms with Gasteiger partial charge in [-0.05, 0) is 30.7 Å². The van der Waals surface area contributed by atoms with Crippen molar-refractivity contribution in [3.63, 3.8) is 0 Å². The highest BCUT2D eigenvalue weighted by molar-refractivity contribution is 7.99. The molecule has 0 N–H and O–H groups in total. The van der Waals surface area contributed by atoms with E-state index in [0.717, 1.165) is 16.7 Å². The van der Waals surface area contributed by atoms with Gasteiger partial charge in [-0.15, -0.1) is 0 Å². The average Bonchev–Trinajstić information content (AvgIpc) is 2.60. The van der Waals surface area contributed by atoms with Crippen LogP contribution in [0.15, 0.2) is 52.4 Å². The molecule has 4 nitrogen and oxygen atoms in total. The van der Waals surface area contributed by atoms with Gasteiger partial charge in [0.1, 0.15) is 11.6 Å². The second kappa shape index (κ2) is 7.45. The van der Waals surface area contributed by atoms with Crippen molar-refractivity contribution in [3.8, 4) is 11.8 Å². The van der Waals surface area contributed by atoms with Crippen molar-refractivity contribution in [2.24, 2.45) is 0 Å². The van der Waals surface area contributed by atoms with Crippen molar-refractivity contribution in [3.05, 3.63) is 64.5 Å². The normalized spacial score (nSPS) is 10.8. The number of hydrogen-bond acceptors (Lipinski definition) is 4. The lowest BCUT2D eigenvalue weighted by atomic mass is 10.2. The number of nitrogens with zero attached hydrogens (tertiary/aromatic N) is 3. The van der Waals surface area contributed by atoms with Crippen molar-refractivity contribution in [1.29, 1.82) is 5.26 Å². The molecule has 0 saturated carbocycles. The second-order valence-electron chi connectivity index (χ2n) is 5.26. The fourth-order valence-corrected chi connectivity index (χ4v) is 3.34. The van der Waals surface area contributed by atoms with E-state index in [9.17, 15) is 13.6 Å². The second-order valence-corrected chi connectivity index (χ2v) is 6.32. The van der Waals surface area contributed by atoms with Gasteiger partial charge in [-0.3, -0.25) is 9.36 Å². The lowest BCUT2D eigenvalue weighted by Crippen LogP contribution is -2.22. The number of hydrogen-bond donors (Lipinski definition) is 0. The van der Waals surface area contributed by atoms with Crippen molar-refractivity contribution >= 4 is 22.7 Å². The molecule has 0 fully saturated rings. The molecular weight excluding hydrogens is 344 g/mol. The zero-order chi connectivity index (χ0) is 17.8. The summed E-state index contributed by atoms with van der Waals surface area (Å²) in [6.45, 7) is 0. The van der Waals surface area contributed by atoms with Gasteiger partial charge in [0.25, 0.3) is 5.56 Å². The van der Waals surface area contributed by atoms with E-state index < -0.39 is 17.2 Å². The Morgan fingerprint density at radius 2 is 2.00 bits per heavy atom. The first-order chi connectivity index (χ1) is 12.1. The molecule has 0 radical (unpaired) electrons. The molecule has 0 aliphatic heterocycles. The molecule has 0 atom stereocenters. The van der Waals surface area contributed by atoms with E-state index in [-0.39, 0.29) is 5.69 Å². The van der Waals surface area contributed by atoms with E-state index in [1.807, 2.05) is 0 Å². The summed E-state index contributed by atoms with van der Waals surface area (Å²) < 4.78 is 28.6. The molecule has 2 aromatic carbocycles. The molecule has 7 heteroatoms. The van der Waals surface area contributed by atoms with Crippen molar-refractivity contribution in [2.45, 2.75) is 18.0 Å². The Morgan fingerprint density at radius 3 is 2.76 bits per heavy atom. The fourth-order valence-electron chi connectivity index (χ4n) is 2.40. The molecule has 25 heavy (non-hydrogen) atoms. The molecule has 0 aliphatic carbocycles. The first-order valence-corrected chi connectivity index (χ1v) is 8.57. The molecule has 0 unspecified atom stereocenters. The third kappa shape index (κ3) is 3.54. The molecule has 1 aromatic heterocycles. The van der Waals surface area contributed by atoms with Crippen molar-refractivity contribution < 1.29 is 8.78 Å². The summed E-state index contributed by atoms with van der Waals surface area (Å²) in [4.78, 5) is 17.3. The summed E-state index contributed by atoms with van der Waals surface area (Å²) in [7, 11) is 0. The highest BCUT2D eigenvalue weighted by atomic mass is 32.2. The van der Waals surface area contributed by atoms with Gasteiger partial charge in [0.2, 0.25) is 0 Å². The number of halogens is 2. The molecule has 0 spiro atoms. The molecule has 3 rings (SSSR count). The maximum Gasteiger partial charge on any atom is 0.266 e. The Morgan fingerprint density at radius 1 is 1.20 bits per heavy atom. The number of aromatic nitrogens is 2. The third-order valence-electron chi connectivity index (χ3n) is 3.56. The maximum atomic E-state index is 14.3. The minimum atomic E-state index is -0.835. The van der Waals surface area contributed by atoms with Crippen LogP contribution in [0, 0.1) is 23.0 Å². The SMILES string of the molecule is N#CCCCSc1nc2ccccc2c(=O)n1-c1ccc(F)cc1F. The summed E-state index contributed by atoms with van der Waals surface area (Å²) in [5.74, 6) is -0.995. The predicted octanol–water partition coefficient (Wildman–Crippen LogP) is 4.06. The number of thioether (sulfide) groups is 1. The van der Waals surface area contributed by atoms with Gasteiger partial charge in [-0.25, -0.2) is 13.8 Å². The first kappa shape index (κ1) is 17.1. The minimum Gasteiger partial charge on any atom is -0.268 e. The van der Waals surface area contributed by atoms with Crippen LogP contribution in [-0.4, -0.2) is 15.3 Å². The predicted molar refractivity (Wildman–Crippen MR) is 92.8 cm³/mol. The van der Waals surface area contributed by atoms with Gasteiger partial charge >= 0.3 is 0 Å². The molecule has 0 aliphatic rings. The van der Waals surface area contributed by atoms with Gasteiger partial charge in [0.05, 0.1) is 22.7 Å². The van der Waals surface area contributed by atoms with Crippen LogP contribution in [0.25, 0.3) is 16.6 Å². The monoisotopic (exact) mass is 357 g/mol. The quantitative estimate of drug-likeness (QED) is 0.392. The number of nitriles is 1. The van der Waals surface area contributed by atoms with Gasteiger partial charge in [-0.1, -0.05) is 23.9 Å². The van der Waals surface area contributed by atoms with E-state index in [4.69, 9.17) is 5.26 Å². The summed E-state index contributed by atoms with van der Waals surface area (Å²) >= 11 is 1.26. The van der Waals surface area contributed by atoms with Crippen LogP contribution < -0.4 is 5.56 Å². The number of rotatable bonds is 5. The van der Waals surface area contributed by atoms with E-state index in [1.165, 1.54) is 17.8 Å². The average molecular weight is 357 g/mol. The van der Waals surface area contributed by atoms with Crippen LogP contribution in [0.5, 0.6) is 0 Å². The topological polar surface area (TPSA) is 58.7 Å². The van der Waals surface area contributed by atoms with E-state index in [0.29, 0.717) is 34.7 Å². The van der Waals surface area contributed by atoms with E-state index >= 15 is 0 Å². The van der Waals surface area contributed by atoms with E-state index in [2.05, 4.69) is 11.1 Å². The zero-order valence-electron chi connectivity index (χ0n) is 13.1. The minimum absolute atomic E-state index is 0.0487. The van der Waals surface area contributed by atoms with Crippen LogP contribution in [0.2, 0.25) is 0 Å². The highest BCUT2D eigenvalue weighted by Crippen LogP contribution is 2.24. The molecule has 0 bridgehead atoms. The lowest BCUT2D eigenvalue weighted by molar-refractivity contribution is 0.572. The highest BCUT2D eigenvalue weighted by Gasteiger charge is 2.16. The van der Waals surface area contributed by atoms with Gasteiger partial charge in [0.15, 0.2) is 5.16 Å². The smallest absolute Gasteiger partial charge is 0.266 e. The Kier molecular flexibility index (Phi) is 5.10. The number of fused-ring (bicyclic) bond motifs is 1. The van der Waals surface area contributed by atoms with Gasteiger partial charge in [-0.2, -0.15) is 5.26 Å².